The standard InChI is InChI=1S/C17H24N2O3.ClH/c1-22-15-7-5-13(6-8-15)16(20)3-2-4-17(21)19-11-9-14(18)10-12-19;/h5-8,14H,2-4,9-12,18H2,1H3;1H. The van der Waals surface area contributed by atoms with Crippen LogP contribution in [0.15, 0.2) is 24.3 Å². The van der Waals surface area contributed by atoms with Gasteiger partial charge >= 0.3 is 0 Å². The minimum atomic E-state index is 0. The Kier molecular flexibility index (Phi) is 8.06. The van der Waals surface area contributed by atoms with E-state index in [0.717, 1.165) is 31.7 Å². The quantitative estimate of drug-likeness (QED) is 0.807. The number of amides is 1. The Morgan fingerprint density at radius 3 is 2.35 bits per heavy atom. The van der Waals surface area contributed by atoms with Gasteiger partial charge in [0, 0.05) is 37.5 Å². The third-order valence-corrected chi connectivity index (χ3v) is 4.10. The van der Waals surface area contributed by atoms with Gasteiger partial charge in [-0.15, -0.1) is 12.4 Å². The van der Waals surface area contributed by atoms with Gasteiger partial charge in [-0.3, -0.25) is 9.59 Å². The van der Waals surface area contributed by atoms with Crippen molar-refractivity contribution in [3.63, 3.8) is 0 Å². The van der Waals surface area contributed by atoms with Crippen LogP contribution in [-0.4, -0.2) is 42.8 Å². The third-order valence-electron chi connectivity index (χ3n) is 4.10. The van der Waals surface area contributed by atoms with Gasteiger partial charge in [-0.25, -0.2) is 0 Å². The maximum absolute atomic E-state index is 12.1. The number of Topliss-reactive ketones (excluding diaryl/α,β-unsaturated/α-hetero) is 1. The van der Waals surface area contributed by atoms with E-state index in [9.17, 15) is 9.59 Å². The predicted octanol–water partition coefficient (Wildman–Crippen LogP) is 2.42. The largest absolute Gasteiger partial charge is 0.497 e. The number of nitrogens with two attached hydrogens (primary N) is 1. The second kappa shape index (κ2) is 9.53. The molecular weight excluding hydrogens is 316 g/mol. The molecule has 0 radical (unpaired) electrons. The molecule has 1 aliphatic rings. The number of halogens is 1. The van der Waals surface area contributed by atoms with Crippen LogP contribution in [0, 0.1) is 0 Å². The monoisotopic (exact) mass is 340 g/mol. The number of rotatable bonds is 6. The molecule has 0 aliphatic carbocycles. The van der Waals surface area contributed by atoms with E-state index in [4.69, 9.17) is 10.5 Å². The van der Waals surface area contributed by atoms with Crippen LogP contribution in [0.5, 0.6) is 5.75 Å². The highest BCUT2D eigenvalue weighted by molar-refractivity contribution is 5.96. The Labute approximate surface area is 143 Å². The van der Waals surface area contributed by atoms with E-state index >= 15 is 0 Å². The fourth-order valence-corrected chi connectivity index (χ4v) is 2.63. The molecule has 0 atom stereocenters. The Hall–Kier alpha value is -1.59. The molecule has 6 heteroatoms. The second-order valence-corrected chi connectivity index (χ2v) is 5.72. The molecule has 2 N–H and O–H groups in total. The first-order valence-corrected chi connectivity index (χ1v) is 7.80. The molecule has 0 unspecified atom stereocenters. The van der Waals surface area contributed by atoms with Crippen LogP contribution in [0.2, 0.25) is 0 Å². The first-order valence-electron chi connectivity index (χ1n) is 7.80. The number of methoxy groups -OCH3 is 1. The van der Waals surface area contributed by atoms with Crippen molar-refractivity contribution in [2.24, 2.45) is 5.73 Å². The lowest BCUT2D eigenvalue weighted by Crippen LogP contribution is -2.42. The van der Waals surface area contributed by atoms with Gasteiger partial charge < -0.3 is 15.4 Å². The third kappa shape index (κ3) is 5.84. The van der Waals surface area contributed by atoms with Gasteiger partial charge in [0.25, 0.3) is 0 Å². The second-order valence-electron chi connectivity index (χ2n) is 5.72. The fourth-order valence-electron chi connectivity index (χ4n) is 2.63. The van der Waals surface area contributed by atoms with Gasteiger partial charge in [-0.05, 0) is 43.5 Å². The maximum atomic E-state index is 12.1. The molecule has 1 aromatic rings. The number of benzene rings is 1. The van der Waals surface area contributed by atoms with Crippen molar-refractivity contribution < 1.29 is 14.3 Å². The van der Waals surface area contributed by atoms with Gasteiger partial charge in [0.2, 0.25) is 5.91 Å². The zero-order valence-corrected chi connectivity index (χ0v) is 14.3. The summed E-state index contributed by atoms with van der Waals surface area (Å²) in [5, 5.41) is 0. The number of hydrogen-bond acceptors (Lipinski definition) is 4. The molecule has 23 heavy (non-hydrogen) atoms. The Morgan fingerprint density at radius 1 is 1.17 bits per heavy atom. The molecule has 0 bridgehead atoms. The van der Waals surface area contributed by atoms with E-state index < -0.39 is 0 Å². The molecule has 1 amide bonds. The maximum Gasteiger partial charge on any atom is 0.222 e. The summed E-state index contributed by atoms with van der Waals surface area (Å²) in [6.45, 7) is 1.48. The minimum Gasteiger partial charge on any atom is -0.497 e. The summed E-state index contributed by atoms with van der Waals surface area (Å²) in [6.07, 6.45) is 3.15. The lowest BCUT2D eigenvalue weighted by molar-refractivity contribution is -0.132. The average Bonchev–Trinajstić information content (AvgIpc) is 2.55. The summed E-state index contributed by atoms with van der Waals surface area (Å²) in [4.78, 5) is 26.0. The number of nitrogens with zero attached hydrogens (tertiary/aromatic N) is 1. The molecule has 0 saturated carbocycles. The molecule has 0 aromatic heterocycles. The number of ketones is 1. The number of piperidine rings is 1. The number of ether oxygens (including phenoxy) is 1. The Bertz CT molecular complexity index is 511. The zero-order chi connectivity index (χ0) is 15.9. The summed E-state index contributed by atoms with van der Waals surface area (Å²) in [7, 11) is 1.59. The van der Waals surface area contributed by atoms with Gasteiger partial charge in [0.1, 0.15) is 5.75 Å². The van der Waals surface area contributed by atoms with E-state index in [1.54, 1.807) is 31.4 Å². The van der Waals surface area contributed by atoms with Crippen molar-refractivity contribution in [3.8, 4) is 5.75 Å². The van der Waals surface area contributed by atoms with Crippen molar-refractivity contribution in [2.45, 2.75) is 38.1 Å². The molecule has 1 aromatic carbocycles. The van der Waals surface area contributed by atoms with E-state index in [1.807, 2.05) is 4.90 Å². The molecular formula is C17H25ClN2O3. The summed E-state index contributed by atoms with van der Waals surface area (Å²) in [5.74, 6) is 0.931. The molecule has 1 aliphatic heterocycles. The molecule has 128 valence electrons. The highest BCUT2D eigenvalue weighted by Gasteiger charge is 2.20. The molecule has 0 spiro atoms. The smallest absolute Gasteiger partial charge is 0.222 e. The van der Waals surface area contributed by atoms with E-state index in [0.29, 0.717) is 24.8 Å². The van der Waals surface area contributed by atoms with Gasteiger partial charge in [0.05, 0.1) is 7.11 Å². The first-order chi connectivity index (χ1) is 10.6. The molecule has 1 saturated heterocycles. The van der Waals surface area contributed by atoms with E-state index in [-0.39, 0.29) is 30.1 Å². The van der Waals surface area contributed by atoms with Crippen molar-refractivity contribution in [3.05, 3.63) is 29.8 Å². The van der Waals surface area contributed by atoms with Gasteiger partial charge in [0.15, 0.2) is 5.78 Å². The lowest BCUT2D eigenvalue weighted by atomic mass is 10.0. The number of hydrogen-bond donors (Lipinski definition) is 1. The van der Waals surface area contributed by atoms with Crippen molar-refractivity contribution in [1.29, 1.82) is 0 Å². The van der Waals surface area contributed by atoms with Crippen LogP contribution in [0.3, 0.4) is 0 Å². The van der Waals surface area contributed by atoms with Crippen LogP contribution in [0.25, 0.3) is 0 Å². The molecule has 2 rings (SSSR count). The van der Waals surface area contributed by atoms with Crippen LogP contribution < -0.4 is 10.5 Å². The Balaban J connectivity index is 0.00000264. The SMILES string of the molecule is COc1ccc(C(=O)CCCC(=O)N2CCC(N)CC2)cc1.Cl. The zero-order valence-electron chi connectivity index (χ0n) is 13.5. The van der Waals surface area contributed by atoms with Gasteiger partial charge in [-0.1, -0.05) is 0 Å². The normalized spacial score (nSPS) is 15.0. The molecule has 1 fully saturated rings. The highest BCUT2D eigenvalue weighted by atomic mass is 35.5. The topological polar surface area (TPSA) is 72.6 Å². The van der Waals surface area contributed by atoms with Crippen molar-refractivity contribution in [2.75, 3.05) is 20.2 Å². The number of likely N-dealkylation sites (tertiary alicyclic amines) is 1. The molecule has 1 heterocycles. The highest BCUT2D eigenvalue weighted by Crippen LogP contribution is 2.15. The van der Waals surface area contributed by atoms with Crippen molar-refractivity contribution in [1.82, 2.24) is 4.90 Å². The van der Waals surface area contributed by atoms with Crippen LogP contribution in [-0.2, 0) is 4.79 Å². The summed E-state index contributed by atoms with van der Waals surface area (Å²) in [5.41, 5.74) is 6.49. The van der Waals surface area contributed by atoms with E-state index in [1.165, 1.54) is 0 Å². The number of carbonyl (C=O) groups excluding carboxylic acids is 2. The summed E-state index contributed by atoms with van der Waals surface area (Å²) >= 11 is 0. The Morgan fingerprint density at radius 2 is 1.78 bits per heavy atom. The molecule has 5 nitrogen and oxygen atoms in total. The minimum absolute atomic E-state index is 0. The van der Waals surface area contributed by atoms with Crippen molar-refractivity contribution >= 4 is 24.1 Å². The summed E-state index contributed by atoms with van der Waals surface area (Å²) < 4.78 is 5.07. The van der Waals surface area contributed by atoms with Crippen LogP contribution in [0.4, 0.5) is 0 Å². The average molecular weight is 341 g/mol. The first kappa shape index (κ1) is 19.5. The summed E-state index contributed by atoms with van der Waals surface area (Å²) in [6, 6.07) is 7.29. The number of carbonyl (C=O) groups is 2. The van der Waals surface area contributed by atoms with Crippen LogP contribution >= 0.6 is 12.4 Å². The van der Waals surface area contributed by atoms with Gasteiger partial charge in [-0.2, -0.15) is 0 Å². The fraction of sp³-hybridized carbons (Fsp3) is 0.529. The van der Waals surface area contributed by atoms with E-state index in [2.05, 4.69) is 0 Å². The predicted molar refractivity (Wildman–Crippen MR) is 92.2 cm³/mol. The lowest BCUT2D eigenvalue weighted by Gasteiger charge is -2.30. The van der Waals surface area contributed by atoms with Crippen LogP contribution in [0.1, 0.15) is 42.5 Å².